The number of amides is 2. The quantitative estimate of drug-likeness (QED) is 0.0213. The first-order chi connectivity index (χ1) is 28.7. The Kier molecular flexibility index (Phi) is 23.8. The molecule has 5 N–H and O–H groups in total. The monoisotopic (exact) mass is 931 g/mol. The summed E-state index contributed by atoms with van der Waals surface area (Å²) in [5, 5.41) is 19.4. The number of nitrogens with two attached hydrogens (primary N) is 1. The zero-order valence-electron chi connectivity index (χ0n) is 40.3. The fourth-order valence-corrected chi connectivity index (χ4v) is 6.17. The van der Waals surface area contributed by atoms with E-state index in [2.05, 4.69) is 70.4 Å². The lowest BCUT2D eigenvalue weighted by molar-refractivity contribution is -0.203. The van der Waals surface area contributed by atoms with Crippen molar-refractivity contribution in [3.8, 4) is 18.1 Å². The molecule has 3 fully saturated rings. The number of hydrogen-bond acceptors (Lipinski definition) is 12. The summed E-state index contributed by atoms with van der Waals surface area (Å²) < 4.78 is 57.4. The molecule has 3 saturated heterocycles. The number of imide groups is 1. The molecule has 4 unspecified atom stereocenters. The lowest BCUT2D eigenvalue weighted by Gasteiger charge is -2.30. The van der Waals surface area contributed by atoms with Gasteiger partial charge in [0.2, 0.25) is 11.6 Å². The number of azide groups is 1. The Balaban J connectivity index is 0. The maximum atomic E-state index is 13.5. The second kappa shape index (κ2) is 24.9. The summed E-state index contributed by atoms with van der Waals surface area (Å²) in [7, 11) is 1.39. The second-order valence-electron chi connectivity index (χ2n) is 19.9. The average Bonchev–Trinajstić information content (AvgIpc) is 3.83. The molecule has 0 saturated carbocycles. The molecule has 0 radical (unpaired) electrons. The molecule has 1 aromatic carbocycles. The van der Waals surface area contributed by atoms with Crippen LogP contribution >= 0.6 is 11.8 Å². The van der Waals surface area contributed by atoms with Gasteiger partial charge >= 0.3 is 17.9 Å². The maximum absolute atomic E-state index is 13.5. The Morgan fingerprint density at radius 1 is 0.891 bits per heavy atom. The molecule has 4 atom stereocenters. The summed E-state index contributed by atoms with van der Waals surface area (Å²) in [4.78, 5) is 62.2. The van der Waals surface area contributed by atoms with E-state index in [9.17, 15) is 41.5 Å². The molecule has 3 aliphatic rings. The Labute approximate surface area is 380 Å². The fraction of sp³-hybridized carbons (Fsp3) is 0.659. The van der Waals surface area contributed by atoms with Crippen molar-refractivity contribution in [2.24, 2.45) is 37.9 Å². The lowest BCUT2D eigenvalue weighted by Crippen LogP contribution is -2.42. The number of aliphatic carboxylic acids is 1. The smallest absolute Gasteiger partial charge is 0.338 e. The number of esters is 1. The molecular weight excluding hydrogens is 863 g/mol. The van der Waals surface area contributed by atoms with Crippen molar-refractivity contribution in [2.45, 2.75) is 147 Å². The molecule has 4 rings (SSSR count). The van der Waals surface area contributed by atoms with Gasteiger partial charge in [0.1, 0.15) is 6.04 Å². The van der Waals surface area contributed by atoms with E-state index in [1.165, 1.54) is 33.6 Å². The Hall–Kier alpha value is -4.99. The van der Waals surface area contributed by atoms with Gasteiger partial charge in [0.15, 0.2) is 17.5 Å². The SMILES string of the molecule is C#CC(C)(C)C.C=C1NC2CSC(C(C)(C)C)C2N1.CC(C)(C)C(=O)ON1C(=O)CCC1=O.CC(C)(C)C(N)C(=O)O.CN=[N+]=[N-].Cc1c(F)c(F)c(F)c(OC(=O)C(C)(C)C)c1F. The number of halogens is 4. The van der Waals surface area contributed by atoms with Crippen molar-refractivity contribution < 1.29 is 56.2 Å². The number of rotatable bonds is 3. The van der Waals surface area contributed by atoms with E-state index in [1.807, 2.05) is 20.8 Å². The molecule has 20 heteroatoms. The minimum Gasteiger partial charge on any atom is -0.480 e. The van der Waals surface area contributed by atoms with Crippen LogP contribution in [-0.2, 0) is 28.8 Å². The van der Waals surface area contributed by atoms with Crippen LogP contribution in [0, 0.1) is 69.6 Å². The molecule has 3 aliphatic heterocycles. The van der Waals surface area contributed by atoms with Gasteiger partial charge in [-0.1, -0.05) is 53.2 Å². The second-order valence-corrected chi connectivity index (χ2v) is 21.1. The molecule has 3 heterocycles. The number of carboxylic acids is 1. The van der Waals surface area contributed by atoms with Gasteiger partial charge in [0.05, 0.1) is 28.7 Å². The third-order valence-corrected chi connectivity index (χ3v) is 10.4. The van der Waals surface area contributed by atoms with Crippen LogP contribution in [0.2, 0.25) is 0 Å². The van der Waals surface area contributed by atoms with Crippen molar-refractivity contribution in [1.82, 2.24) is 15.7 Å². The van der Waals surface area contributed by atoms with Crippen LogP contribution < -0.4 is 21.1 Å². The Bertz CT molecular complexity index is 1870. The topological polar surface area (TPSA) is 226 Å². The van der Waals surface area contributed by atoms with Gasteiger partial charge in [-0.05, 0) is 85.6 Å². The summed E-state index contributed by atoms with van der Waals surface area (Å²) in [6.07, 6.45) is 5.30. The molecule has 1 aromatic rings. The summed E-state index contributed by atoms with van der Waals surface area (Å²) in [5.74, 6) is -6.57. The minimum absolute atomic E-state index is 0.0694. The molecule has 0 spiro atoms. The van der Waals surface area contributed by atoms with Gasteiger partial charge in [-0.3, -0.25) is 19.2 Å². The van der Waals surface area contributed by atoms with Crippen molar-refractivity contribution in [1.29, 1.82) is 0 Å². The van der Waals surface area contributed by atoms with E-state index >= 15 is 0 Å². The molecule has 362 valence electrons. The van der Waals surface area contributed by atoms with Crippen LogP contribution in [0.1, 0.15) is 122 Å². The van der Waals surface area contributed by atoms with Crippen LogP contribution in [0.3, 0.4) is 0 Å². The van der Waals surface area contributed by atoms with Gasteiger partial charge in [0, 0.05) is 46.8 Å². The maximum Gasteiger partial charge on any atom is 0.338 e. The fourth-order valence-electron chi connectivity index (χ4n) is 4.50. The molecular formula is C44H69F4N7O8S. The first-order valence-electron chi connectivity index (χ1n) is 20.1. The van der Waals surface area contributed by atoms with Gasteiger partial charge in [0.25, 0.3) is 11.8 Å². The predicted octanol–water partition coefficient (Wildman–Crippen LogP) is 8.73. The van der Waals surface area contributed by atoms with Crippen molar-refractivity contribution in [3.63, 3.8) is 0 Å². The van der Waals surface area contributed by atoms with E-state index in [0.717, 1.165) is 12.7 Å². The number of thioether (sulfide) groups is 1. The number of nitrogens with zero attached hydrogens (tertiary/aromatic N) is 4. The van der Waals surface area contributed by atoms with E-state index in [1.54, 1.807) is 41.5 Å². The molecule has 64 heavy (non-hydrogen) atoms. The molecule has 15 nitrogen and oxygen atoms in total. The molecule has 0 bridgehead atoms. The lowest BCUT2D eigenvalue weighted by atomic mass is 9.86. The van der Waals surface area contributed by atoms with Crippen LogP contribution in [0.5, 0.6) is 5.75 Å². The molecule has 0 aromatic heterocycles. The summed E-state index contributed by atoms with van der Waals surface area (Å²) in [6.45, 7) is 32.5. The number of benzene rings is 1. The third kappa shape index (κ3) is 20.7. The summed E-state index contributed by atoms with van der Waals surface area (Å²) in [5.41, 5.74) is 10.2. The summed E-state index contributed by atoms with van der Waals surface area (Å²) in [6, 6.07) is 0.414. The average molecular weight is 932 g/mol. The normalized spacial score (nSPS) is 18.2. The standard InChI is InChI=1S/C12H12F4O2.C10H18N2S.C9H13NO4.C6H13NO2.C6H10.CH3N3/c1-5-6(13)8(15)9(16)10(7(5)14)18-11(17)12(2,3)4;1-6-11-7-5-13-9(8(7)12-6)10(2,3)4;1-9(2,3)8(13)14-10-6(11)4-5-7(10)12;1-6(2,3)4(7)5(8)9;1-5-6(2,3)4;1-3-4-2/h1-4H3;7-9,11-12H,1,5H2,2-4H3;4-5H2,1-3H3;4H,7H2,1-3H3,(H,8,9);1H,2-4H3;1H3. The van der Waals surface area contributed by atoms with Gasteiger partial charge in [-0.15, -0.1) is 17.4 Å². The molecule has 2 amide bonds. The zero-order valence-corrected chi connectivity index (χ0v) is 41.1. The first kappa shape index (κ1) is 61.1. The number of carbonyl (C=O) groups excluding carboxylic acids is 4. The number of hydroxylamine groups is 2. The van der Waals surface area contributed by atoms with Gasteiger partial charge in [-0.25, -0.2) is 18.0 Å². The van der Waals surface area contributed by atoms with Crippen LogP contribution in [0.25, 0.3) is 10.4 Å². The van der Waals surface area contributed by atoms with Crippen molar-refractivity contribution >= 4 is 41.5 Å². The Morgan fingerprint density at radius 3 is 1.66 bits per heavy atom. The number of terminal acetylenes is 1. The van der Waals surface area contributed by atoms with Crippen molar-refractivity contribution in [2.75, 3.05) is 12.8 Å². The predicted molar refractivity (Wildman–Crippen MR) is 240 cm³/mol. The number of carboxylic acid groups (broad SMARTS) is 1. The molecule has 0 aliphatic carbocycles. The minimum atomic E-state index is -1.87. The third-order valence-electron chi connectivity index (χ3n) is 8.53. The number of fused-ring (bicyclic) bond motifs is 1. The highest BCUT2D eigenvalue weighted by molar-refractivity contribution is 8.00. The van der Waals surface area contributed by atoms with E-state index in [4.69, 9.17) is 27.6 Å². The van der Waals surface area contributed by atoms with Crippen LogP contribution in [-0.4, -0.2) is 76.1 Å². The van der Waals surface area contributed by atoms with Gasteiger partial charge < -0.3 is 31.0 Å². The van der Waals surface area contributed by atoms with Crippen molar-refractivity contribution in [3.05, 3.63) is 51.7 Å². The van der Waals surface area contributed by atoms with E-state index in [-0.39, 0.29) is 23.7 Å². The highest BCUT2D eigenvalue weighted by Gasteiger charge is 2.46. The highest BCUT2D eigenvalue weighted by Crippen LogP contribution is 2.41. The Morgan fingerprint density at radius 2 is 1.33 bits per heavy atom. The zero-order chi connectivity index (χ0) is 51.1. The highest BCUT2D eigenvalue weighted by atomic mass is 32.2. The number of carbonyl (C=O) groups is 5. The van der Waals surface area contributed by atoms with Gasteiger partial charge in [-0.2, -0.15) is 16.2 Å². The number of hydrogen-bond donors (Lipinski definition) is 4. The van der Waals surface area contributed by atoms with E-state index < -0.39 is 81.2 Å². The van der Waals surface area contributed by atoms with Crippen LogP contribution in [0.15, 0.2) is 17.5 Å². The van der Waals surface area contributed by atoms with E-state index in [0.29, 0.717) is 27.8 Å². The van der Waals surface area contributed by atoms with Crippen LogP contribution in [0.4, 0.5) is 17.6 Å². The first-order valence-corrected chi connectivity index (χ1v) is 21.1. The number of ether oxygens (including phenoxy) is 1. The summed E-state index contributed by atoms with van der Waals surface area (Å²) >= 11 is 2.08. The number of nitrogens with one attached hydrogen (secondary N) is 2. The largest absolute Gasteiger partial charge is 0.480 e.